The van der Waals surface area contributed by atoms with Crippen LogP contribution in [0.4, 0.5) is 0 Å². The van der Waals surface area contributed by atoms with E-state index in [0.717, 1.165) is 17.6 Å². The molecule has 0 saturated carbocycles. The summed E-state index contributed by atoms with van der Waals surface area (Å²) in [7, 11) is 0. The maximum Gasteiger partial charge on any atom is -0.00650 e. The summed E-state index contributed by atoms with van der Waals surface area (Å²) < 4.78 is 0. The van der Waals surface area contributed by atoms with E-state index in [4.69, 9.17) is 0 Å². The maximum absolute atomic E-state index is 3.83. The molecule has 0 aromatic carbocycles. The van der Waals surface area contributed by atoms with Gasteiger partial charge in [0.15, 0.2) is 0 Å². The van der Waals surface area contributed by atoms with Crippen LogP contribution in [0.15, 0.2) is 0 Å². The summed E-state index contributed by atoms with van der Waals surface area (Å²) in [5.74, 6) is 4.12. The minimum absolute atomic E-state index is 0.876. The zero-order valence-corrected chi connectivity index (χ0v) is 10.3. The first-order valence-electron chi connectivity index (χ1n) is 5.53. The molecule has 0 bridgehead atoms. The Hall–Kier alpha value is 0.350. The van der Waals surface area contributed by atoms with Crippen LogP contribution in [0.5, 0.6) is 0 Å². The highest BCUT2D eigenvalue weighted by Gasteiger charge is 2.02. The molecule has 0 N–H and O–H groups in total. The molecule has 1 heteroatoms. The van der Waals surface area contributed by atoms with E-state index in [1.807, 2.05) is 11.8 Å². The van der Waals surface area contributed by atoms with Crippen molar-refractivity contribution in [1.82, 2.24) is 0 Å². The van der Waals surface area contributed by atoms with E-state index in [9.17, 15) is 0 Å². The first-order chi connectivity index (χ1) is 6.16. The smallest absolute Gasteiger partial charge is 0.00650 e. The fourth-order valence-corrected chi connectivity index (χ4v) is 2.18. The van der Waals surface area contributed by atoms with Gasteiger partial charge in [-0.2, -0.15) is 11.8 Å². The number of thioether (sulfide) groups is 1. The van der Waals surface area contributed by atoms with Crippen molar-refractivity contribution < 1.29 is 0 Å². The maximum atomic E-state index is 3.83. The van der Waals surface area contributed by atoms with Crippen LogP contribution in [-0.2, 0) is 0 Å². The minimum atomic E-state index is 0.876. The third-order valence-corrected chi connectivity index (χ3v) is 3.19. The van der Waals surface area contributed by atoms with E-state index in [1.165, 1.54) is 31.4 Å². The van der Waals surface area contributed by atoms with Crippen LogP contribution in [0.1, 0.15) is 46.5 Å². The highest BCUT2D eigenvalue weighted by molar-refractivity contribution is 7.99. The molecule has 0 aliphatic rings. The molecule has 0 aromatic rings. The van der Waals surface area contributed by atoms with Crippen molar-refractivity contribution in [3.8, 4) is 0 Å². The standard InChI is InChI=1S/C12H25S/c1-5-13-10-9-12(4)8-6-7-11(2)3/h11-12H,1,5-10H2,2-4H3. The third kappa shape index (κ3) is 10.3. The van der Waals surface area contributed by atoms with Crippen molar-refractivity contribution in [2.24, 2.45) is 11.8 Å². The molecule has 0 rings (SSSR count). The summed E-state index contributed by atoms with van der Waals surface area (Å²) in [4.78, 5) is 0. The fourth-order valence-electron chi connectivity index (χ4n) is 1.41. The summed E-state index contributed by atoms with van der Waals surface area (Å²) in [5, 5.41) is 0. The summed E-state index contributed by atoms with van der Waals surface area (Å²) in [5.41, 5.74) is 0. The predicted octanol–water partition coefficient (Wildman–Crippen LogP) is 4.41. The quantitative estimate of drug-likeness (QED) is 0.524. The van der Waals surface area contributed by atoms with Crippen molar-refractivity contribution in [3.05, 3.63) is 6.92 Å². The van der Waals surface area contributed by atoms with E-state index >= 15 is 0 Å². The Labute approximate surface area is 88.9 Å². The van der Waals surface area contributed by atoms with Crippen molar-refractivity contribution >= 4 is 11.8 Å². The molecule has 0 aliphatic heterocycles. The van der Waals surface area contributed by atoms with Crippen LogP contribution in [-0.4, -0.2) is 11.5 Å². The van der Waals surface area contributed by atoms with Crippen LogP contribution < -0.4 is 0 Å². The first-order valence-corrected chi connectivity index (χ1v) is 6.69. The molecule has 1 unspecified atom stereocenters. The monoisotopic (exact) mass is 201 g/mol. The lowest BCUT2D eigenvalue weighted by Gasteiger charge is -2.11. The second kappa shape index (κ2) is 8.93. The van der Waals surface area contributed by atoms with Crippen molar-refractivity contribution in [3.63, 3.8) is 0 Å². The van der Waals surface area contributed by atoms with Crippen LogP contribution >= 0.6 is 11.8 Å². The van der Waals surface area contributed by atoms with Crippen LogP contribution in [0.3, 0.4) is 0 Å². The van der Waals surface area contributed by atoms with Gasteiger partial charge in [0.05, 0.1) is 0 Å². The molecule has 0 aromatic heterocycles. The van der Waals surface area contributed by atoms with Gasteiger partial charge in [0.25, 0.3) is 0 Å². The molecular formula is C12H25S. The molecule has 0 amide bonds. The zero-order chi connectivity index (χ0) is 10.1. The predicted molar refractivity (Wildman–Crippen MR) is 65.2 cm³/mol. The molecule has 0 aliphatic carbocycles. The molecule has 13 heavy (non-hydrogen) atoms. The lowest BCUT2D eigenvalue weighted by atomic mass is 9.98. The fraction of sp³-hybridized carbons (Fsp3) is 0.917. The van der Waals surface area contributed by atoms with Gasteiger partial charge in [-0.1, -0.05) is 40.0 Å². The zero-order valence-electron chi connectivity index (χ0n) is 9.51. The van der Waals surface area contributed by atoms with Gasteiger partial charge in [-0.25, -0.2) is 0 Å². The van der Waals surface area contributed by atoms with Gasteiger partial charge in [-0.3, -0.25) is 0 Å². The van der Waals surface area contributed by atoms with Crippen molar-refractivity contribution in [2.45, 2.75) is 46.5 Å². The van der Waals surface area contributed by atoms with E-state index in [2.05, 4.69) is 27.7 Å². The van der Waals surface area contributed by atoms with E-state index in [0.29, 0.717) is 0 Å². The van der Waals surface area contributed by atoms with E-state index in [1.54, 1.807) is 0 Å². The second-order valence-electron chi connectivity index (χ2n) is 4.33. The Morgan fingerprint density at radius 3 is 2.31 bits per heavy atom. The van der Waals surface area contributed by atoms with E-state index in [-0.39, 0.29) is 0 Å². The second-order valence-corrected chi connectivity index (χ2v) is 5.56. The Kier molecular flexibility index (Phi) is 9.17. The topological polar surface area (TPSA) is 0 Å². The Morgan fingerprint density at radius 1 is 1.08 bits per heavy atom. The highest BCUT2D eigenvalue weighted by Crippen LogP contribution is 2.17. The average molecular weight is 201 g/mol. The highest BCUT2D eigenvalue weighted by atomic mass is 32.2. The minimum Gasteiger partial charge on any atom is -0.162 e. The van der Waals surface area contributed by atoms with Crippen molar-refractivity contribution in [1.29, 1.82) is 0 Å². The molecule has 1 radical (unpaired) electrons. The van der Waals surface area contributed by atoms with Crippen LogP contribution in [0, 0.1) is 18.8 Å². The van der Waals surface area contributed by atoms with Gasteiger partial charge in [0.2, 0.25) is 0 Å². The summed E-state index contributed by atoms with van der Waals surface area (Å²) in [6, 6.07) is 0. The molecule has 1 atom stereocenters. The first kappa shape index (κ1) is 13.4. The molecule has 79 valence electrons. The van der Waals surface area contributed by atoms with Gasteiger partial charge in [0, 0.05) is 0 Å². The lowest BCUT2D eigenvalue weighted by Crippen LogP contribution is -1.98. The molecule has 0 spiro atoms. The molecular weight excluding hydrogens is 176 g/mol. The number of hydrogen-bond acceptors (Lipinski definition) is 1. The number of hydrogen-bond donors (Lipinski definition) is 0. The van der Waals surface area contributed by atoms with Crippen LogP contribution in [0.25, 0.3) is 0 Å². The summed E-state index contributed by atoms with van der Waals surface area (Å²) >= 11 is 1.97. The van der Waals surface area contributed by atoms with E-state index < -0.39 is 0 Å². The van der Waals surface area contributed by atoms with Crippen LogP contribution in [0.2, 0.25) is 0 Å². The third-order valence-electron chi connectivity index (χ3n) is 2.38. The molecule has 0 heterocycles. The Balaban J connectivity index is 3.15. The largest absolute Gasteiger partial charge is 0.162 e. The van der Waals surface area contributed by atoms with Gasteiger partial charge in [-0.05, 0) is 36.7 Å². The molecule has 0 fully saturated rings. The molecule has 0 nitrogen and oxygen atoms in total. The van der Waals surface area contributed by atoms with Gasteiger partial charge in [-0.15, -0.1) is 0 Å². The normalized spacial score (nSPS) is 13.6. The van der Waals surface area contributed by atoms with Crippen molar-refractivity contribution in [2.75, 3.05) is 11.5 Å². The summed E-state index contributed by atoms with van der Waals surface area (Å²) in [6.07, 6.45) is 5.59. The lowest BCUT2D eigenvalue weighted by molar-refractivity contribution is 0.451. The Morgan fingerprint density at radius 2 is 1.77 bits per heavy atom. The number of rotatable bonds is 8. The average Bonchev–Trinajstić information content (AvgIpc) is 2.04. The van der Waals surface area contributed by atoms with Gasteiger partial charge < -0.3 is 0 Å². The van der Waals surface area contributed by atoms with Gasteiger partial charge in [0.1, 0.15) is 0 Å². The molecule has 0 saturated heterocycles. The SMILES string of the molecule is [CH2]CSCCC(C)CCCC(C)C. The Bertz CT molecular complexity index is 99.3. The summed E-state index contributed by atoms with van der Waals surface area (Å²) in [6.45, 7) is 10.8. The van der Waals surface area contributed by atoms with Gasteiger partial charge >= 0.3 is 0 Å².